The van der Waals surface area contributed by atoms with E-state index in [9.17, 15) is 9.59 Å². The van der Waals surface area contributed by atoms with Crippen molar-refractivity contribution < 1.29 is 18.7 Å². The predicted octanol–water partition coefficient (Wildman–Crippen LogP) is 3.27. The van der Waals surface area contributed by atoms with E-state index in [0.717, 1.165) is 0 Å². The summed E-state index contributed by atoms with van der Waals surface area (Å²) in [4.78, 5) is 24.6. The van der Waals surface area contributed by atoms with Crippen molar-refractivity contribution in [1.82, 2.24) is 5.32 Å². The normalized spacial score (nSPS) is 10.2. The summed E-state index contributed by atoms with van der Waals surface area (Å²) >= 11 is 0. The molecule has 7 nitrogen and oxygen atoms in total. The minimum absolute atomic E-state index is 0.0223. The van der Waals surface area contributed by atoms with Crippen LogP contribution in [0.1, 0.15) is 16.1 Å². The number of amides is 2. The van der Waals surface area contributed by atoms with E-state index in [4.69, 9.17) is 9.15 Å². The van der Waals surface area contributed by atoms with Crippen molar-refractivity contribution in [2.75, 3.05) is 24.3 Å². The van der Waals surface area contributed by atoms with Crippen LogP contribution in [0.4, 0.5) is 11.4 Å². The summed E-state index contributed by atoms with van der Waals surface area (Å²) in [6.45, 7) is 0.312. The first-order chi connectivity index (χ1) is 13.7. The van der Waals surface area contributed by atoms with Crippen LogP contribution in [0.25, 0.3) is 0 Å². The Morgan fingerprint density at radius 2 is 1.79 bits per heavy atom. The Hall–Kier alpha value is -3.74. The maximum atomic E-state index is 12.5. The van der Waals surface area contributed by atoms with Crippen LogP contribution in [-0.2, 0) is 11.3 Å². The highest BCUT2D eigenvalue weighted by molar-refractivity contribution is 6.00. The van der Waals surface area contributed by atoms with Crippen LogP contribution in [0.5, 0.6) is 5.75 Å². The van der Waals surface area contributed by atoms with Crippen LogP contribution in [0.15, 0.2) is 71.3 Å². The number of anilines is 2. The lowest BCUT2D eigenvalue weighted by molar-refractivity contribution is -0.114. The first-order valence-corrected chi connectivity index (χ1v) is 8.73. The lowest BCUT2D eigenvalue weighted by atomic mass is 10.1. The largest absolute Gasteiger partial charge is 0.497 e. The van der Waals surface area contributed by atoms with E-state index in [-0.39, 0.29) is 24.9 Å². The van der Waals surface area contributed by atoms with Gasteiger partial charge in [-0.1, -0.05) is 12.1 Å². The van der Waals surface area contributed by atoms with E-state index >= 15 is 0 Å². The van der Waals surface area contributed by atoms with Gasteiger partial charge >= 0.3 is 0 Å². The van der Waals surface area contributed by atoms with Crippen molar-refractivity contribution in [3.8, 4) is 5.75 Å². The molecule has 2 amide bonds. The van der Waals surface area contributed by atoms with Gasteiger partial charge < -0.3 is 25.1 Å². The fourth-order valence-corrected chi connectivity index (χ4v) is 2.57. The van der Waals surface area contributed by atoms with E-state index in [1.54, 1.807) is 74.0 Å². The Bertz CT molecular complexity index is 921. The van der Waals surface area contributed by atoms with Crippen molar-refractivity contribution >= 4 is 23.2 Å². The van der Waals surface area contributed by atoms with Crippen LogP contribution in [0, 0.1) is 0 Å². The van der Waals surface area contributed by atoms with E-state index in [0.29, 0.717) is 28.4 Å². The third-order valence-corrected chi connectivity index (χ3v) is 3.99. The summed E-state index contributed by atoms with van der Waals surface area (Å²) in [6, 6.07) is 17.6. The number of ether oxygens (including phenoxy) is 1. The Balaban J connectivity index is 1.56. The Kier molecular flexibility index (Phi) is 6.30. The fraction of sp³-hybridized carbons (Fsp3) is 0.143. The third-order valence-electron chi connectivity index (χ3n) is 3.99. The van der Waals surface area contributed by atoms with Gasteiger partial charge in [-0.2, -0.15) is 0 Å². The molecule has 0 saturated heterocycles. The van der Waals surface area contributed by atoms with Gasteiger partial charge in [0.15, 0.2) is 0 Å². The summed E-state index contributed by atoms with van der Waals surface area (Å²) in [5.74, 6) is 0.897. The monoisotopic (exact) mass is 379 g/mol. The highest BCUT2D eigenvalue weighted by atomic mass is 16.5. The molecule has 1 heterocycles. The second-order valence-corrected chi connectivity index (χ2v) is 5.94. The van der Waals surface area contributed by atoms with Crippen molar-refractivity contribution in [3.05, 3.63) is 78.3 Å². The van der Waals surface area contributed by atoms with Gasteiger partial charge in [-0.3, -0.25) is 9.59 Å². The molecular formula is C21H21N3O4. The fourth-order valence-electron chi connectivity index (χ4n) is 2.57. The number of para-hydroxylation sites is 1. The minimum atomic E-state index is -0.255. The number of hydrogen-bond donors (Lipinski definition) is 3. The summed E-state index contributed by atoms with van der Waals surface area (Å²) in [5.41, 5.74) is 1.69. The summed E-state index contributed by atoms with van der Waals surface area (Å²) < 4.78 is 10.3. The van der Waals surface area contributed by atoms with E-state index in [1.165, 1.54) is 0 Å². The standard InChI is InChI=1S/C21H21N3O4/c1-27-16-10-8-15(9-11-16)24-20(25)14-22-19-7-3-2-6-18(19)21(26)23-13-17-5-4-12-28-17/h2-12,22H,13-14H2,1H3,(H,23,26)(H,24,25). The lowest BCUT2D eigenvalue weighted by Gasteiger charge is -2.12. The van der Waals surface area contributed by atoms with Crippen LogP contribution in [0.3, 0.4) is 0 Å². The summed E-state index contributed by atoms with van der Waals surface area (Å²) in [6.07, 6.45) is 1.55. The summed E-state index contributed by atoms with van der Waals surface area (Å²) in [5, 5.41) is 8.59. The molecule has 28 heavy (non-hydrogen) atoms. The number of carbonyl (C=O) groups is 2. The number of rotatable bonds is 8. The third kappa shape index (κ3) is 5.14. The zero-order valence-electron chi connectivity index (χ0n) is 15.4. The second kappa shape index (κ2) is 9.27. The zero-order chi connectivity index (χ0) is 19.8. The molecular weight excluding hydrogens is 358 g/mol. The molecule has 7 heteroatoms. The highest BCUT2D eigenvalue weighted by Gasteiger charge is 2.12. The van der Waals surface area contributed by atoms with Crippen molar-refractivity contribution in [1.29, 1.82) is 0 Å². The van der Waals surface area contributed by atoms with Crippen LogP contribution in [0.2, 0.25) is 0 Å². The van der Waals surface area contributed by atoms with Gasteiger partial charge in [0.1, 0.15) is 11.5 Å². The predicted molar refractivity (Wildman–Crippen MR) is 106 cm³/mol. The van der Waals surface area contributed by atoms with Gasteiger partial charge in [-0.25, -0.2) is 0 Å². The van der Waals surface area contributed by atoms with Gasteiger partial charge in [0.05, 0.1) is 32.0 Å². The molecule has 0 radical (unpaired) electrons. The minimum Gasteiger partial charge on any atom is -0.497 e. The lowest BCUT2D eigenvalue weighted by Crippen LogP contribution is -2.26. The SMILES string of the molecule is COc1ccc(NC(=O)CNc2ccccc2C(=O)NCc2ccco2)cc1. The molecule has 3 rings (SSSR count). The molecule has 0 aliphatic heterocycles. The van der Waals surface area contributed by atoms with Crippen LogP contribution >= 0.6 is 0 Å². The smallest absolute Gasteiger partial charge is 0.253 e. The highest BCUT2D eigenvalue weighted by Crippen LogP contribution is 2.16. The van der Waals surface area contributed by atoms with E-state index < -0.39 is 0 Å². The average Bonchev–Trinajstić information content (AvgIpc) is 3.25. The summed E-state index contributed by atoms with van der Waals surface area (Å²) in [7, 11) is 1.58. The molecule has 0 saturated carbocycles. The quantitative estimate of drug-likeness (QED) is 0.559. The maximum Gasteiger partial charge on any atom is 0.253 e. The molecule has 0 unspecified atom stereocenters. The van der Waals surface area contributed by atoms with Gasteiger partial charge in [0.2, 0.25) is 5.91 Å². The second-order valence-electron chi connectivity index (χ2n) is 5.94. The Morgan fingerprint density at radius 3 is 2.50 bits per heavy atom. The molecule has 0 aliphatic rings. The van der Waals surface area contributed by atoms with Gasteiger partial charge in [0.25, 0.3) is 5.91 Å². The van der Waals surface area contributed by atoms with Crippen molar-refractivity contribution in [2.45, 2.75) is 6.54 Å². The van der Waals surface area contributed by atoms with Gasteiger partial charge in [0, 0.05) is 11.4 Å². The molecule has 0 atom stereocenters. The number of nitrogens with one attached hydrogen (secondary N) is 3. The van der Waals surface area contributed by atoms with Crippen molar-refractivity contribution in [2.24, 2.45) is 0 Å². The molecule has 0 fully saturated rings. The first kappa shape index (κ1) is 19.0. The van der Waals surface area contributed by atoms with Crippen LogP contribution < -0.4 is 20.7 Å². The average molecular weight is 379 g/mol. The zero-order valence-corrected chi connectivity index (χ0v) is 15.4. The van der Waals surface area contributed by atoms with Crippen LogP contribution in [-0.4, -0.2) is 25.5 Å². The number of benzene rings is 2. The Morgan fingerprint density at radius 1 is 1.00 bits per heavy atom. The molecule has 0 spiro atoms. The van der Waals surface area contributed by atoms with Crippen molar-refractivity contribution in [3.63, 3.8) is 0 Å². The first-order valence-electron chi connectivity index (χ1n) is 8.73. The molecule has 1 aromatic heterocycles. The number of furan rings is 1. The molecule has 0 bridgehead atoms. The van der Waals surface area contributed by atoms with Gasteiger partial charge in [-0.15, -0.1) is 0 Å². The number of carbonyl (C=O) groups excluding carboxylic acids is 2. The maximum absolute atomic E-state index is 12.5. The number of hydrogen-bond acceptors (Lipinski definition) is 5. The molecule has 2 aromatic carbocycles. The van der Waals surface area contributed by atoms with Gasteiger partial charge in [-0.05, 0) is 48.5 Å². The topological polar surface area (TPSA) is 92.6 Å². The molecule has 3 N–H and O–H groups in total. The number of methoxy groups -OCH3 is 1. The molecule has 144 valence electrons. The molecule has 3 aromatic rings. The Labute approximate surface area is 162 Å². The molecule has 0 aliphatic carbocycles. The van der Waals surface area contributed by atoms with E-state index in [2.05, 4.69) is 16.0 Å². The van der Waals surface area contributed by atoms with E-state index in [1.807, 2.05) is 0 Å².